The summed E-state index contributed by atoms with van der Waals surface area (Å²) >= 11 is 0. The molecule has 0 radical (unpaired) electrons. The molecule has 4 heteroatoms. The third-order valence-electron chi connectivity index (χ3n) is 10.4. The number of hydrogen-bond donors (Lipinski definition) is 3. The maximum Gasteiger partial charge on any atom is 0.123 e. The largest absolute Gasteiger partial charge is 0.507 e. The molecule has 3 aliphatic rings. The Balaban J connectivity index is 1.37. The predicted molar refractivity (Wildman–Crippen MR) is 155 cm³/mol. The molecule has 0 unspecified atom stereocenters. The van der Waals surface area contributed by atoms with Gasteiger partial charge in [-0.3, -0.25) is 0 Å². The van der Waals surface area contributed by atoms with Gasteiger partial charge in [-0.15, -0.1) is 0 Å². The van der Waals surface area contributed by atoms with Gasteiger partial charge in [0.15, 0.2) is 0 Å². The topological polar surface area (TPSA) is 61.7 Å². The molecule has 4 nitrogen and oxygen atoms in total. The molecule has 0 saturated heterocycles. The number of ether oxygens (including phenoxy) is 1. The molecule has 2 saturated carbocycles. The minimum absolute atomic E-state index is 0.00591. The number of hydrogen-bond acceptors (Lipinski definition) is 4. The van der Waals surface area contributed by atoms with Gasteiger partial charge in [-0.25, -0.2) is 0 Å². The predicted octanol–water partition coefficient (Wildman–Crippen LogP) is 6.98. The fourth-order valence-corrected chi connectivity index (χ4v) is 7.98. The fourth-order valence-electron chi connectivity index (χ4n) is 7.98. The number of aliphatic hydroxyl groups is 1. The molecular formula is C34H49NO3. The van der Waals surface area contributed by atoms with Crippen LogP contribution < -0.4 is 10.1 Å². The van der Waals surface area contributed by atoms with Crippen molar-refractivity contribution in [2.24, 2.45) is 17.3 Å². The Labute approximate surface area is 230 Å². The van der Waals surface area contributed by atoms with Gasteiger partial charge in [-0.2, -0.15) is 0 Å². The average Bonchev–Trinajstić information content (AvgIpc) is 3.11. The number of aliphatic hydroxyl groups excluding tert-OH is 1. The lowest BCUT2D eigenvalue weighted by Crippen LogP contribution is -2.46. The van der Waals surface area contributed by atoms with E-state index in [-0.39, 0.29) is 28.4 Å². The highest BCUT2D eigenvalue weighted by Crippen LogP contribution is 2.61. The van der Waals surface area contributed by atoms with Gasteiger partial charge in [0.25, 0.3) is 0 Å². The van der Waals surface area contributed by atoms with Crippen LogP contribution in [0.3, 0.4) is 0 Å². The van der Waals surface area contributed by atoms with Gasteiger partial charge in [0.2, 0.25) is 0 Å². The number of phenolic OH excluding ortho intramolecular Hbond substituents is 1. The van der Waals surface area contributed by atoms with Crippen LogP contribution in [-0.2, 0) is 23.8 Å². The molecule has 3 N–H and O–H groups in total. The summed E-state index contributed by atoms with van der Waals surface area (Å²) in [6.45, 7) is 16.1. The van der Waals surface area contributed by atoms with Crippen molar-refractivity contribution in [1.82, 2.24) is 5.32 Å². The third kappa shape index (κ3) is 4.66. The van der Waals surface area contributed by atoms with Gasteiger partial charge in [0.05, 0.1) is 13.2 Å². The molecule has 5 rings (SSSR count). The minimum Gasteiger partial charge on any atom is -0.507 e. The number of methoxy groups -OCH3 is 1. The average molecular weight is 520 g/mol. The quantitative estimate of drug-likeness (QED) is 0.408. The number of aryl methyl sites for hydroxylation is 1. The van der Waals surface area contributed by atoms with E-state index in [0.717, 1.165) is 42.6 Å². The molecule has 0 bridgehead atoms. The maximum atomic E-state index is 11.7. The highest BCUT2D eigenvalue weighted by Gasteiger charge is 2.57. The number of phenols is 1. The molecule has 2 aromatic carbocycles. The van der Waals surface area contributed by atoms with Crippen molar-refractivity contribution in [1.29, 1.82) is 0 Å². The van der Waals surface area contributed by atoms with Crippen LogP contribution in [0.1, 0.15) is 108 Å². The zero-order valence-corrected chi connectivity index (χ0v) is 24.8. The maximum absolute atomic E-state index is 11.7. The van der Waals surface area contributed by atoms with Crippen molar-refractivity contribution in [3.63, 3.8) is 0 Å². The Morgan fingerprint density at radius 2 is 1.76 bits per heavy atom. The summed E-state index contributed by atoms with van der Waals surface area (Å²) in [5.74, 6) is 3.05. The van der Waals surface area contributed by atoms with Crippen LogP contribution in [0.15, 0.2) is 30.3 Å². The first kappa shape index (κ1) is 27.5. The third-order valence-corrected chi connectivity index (χ3v) is 10.4. The molecule has 2 fully saturated rings. The van der Waals surface area contributed by atoms with Crippen LogP contribution in [0.4, 0.5) is 0 Å². The van der Waals surface area contributed by atoms with Crippen LogP contribution in [-0.4, -0.2) is 29.5 Å². The standard InChI is InChI=1S/C34H49NO3/c1-32(2,3)22-15-21(30(36)28(17-22)33(4,5)6)19-35-29-18-27-26-11-9-20-16-23(38-8)10-12-24(20)25(26)13-14-34(27,7)31(29)37/h10,12,15-17,25-27,29,31,35-37H,9,11,13-14,18-19H2,1-8H3/t25-,26-,27+,29-,31+,34+/m1/s1. The van der Waals surface area contributed by atoms with E-state index in [1.807, 2.05) is 0 Å². The van der Waals surface area contributed by atoms with E-state index in [0.29, 0.717) is 30.0 Å². The Morgan fingerprint density at radius 3 is 2.42 bits per heavy atom. The second kappa shape index (κ2) is 9.55. The summed E-state index contributed by atoms with van der Waals surface area (Å²) in [5, 5.41) is 26.7. The Hall–Kier alpha value is -2.04. The first-order valence-electron chi connectivity index (χ1n) is 14.7. The van der Waals surface area contributed by atoms with Crippen LogP contribution in [0.2, 0.25) is 0 Å². The van der Waals surface area contributed by atoms with E-state index >= 15 is 0 Å². The van der Waals surface area contributed by atoms with Crippen molar-refractivity contribution < 1.29 is 14.9 Å². The number of nitrogens with one attached hydrogen (secondary N) is 1. The molecule has 0 aromatic heterocycles. The number of rotatable bonds is 4. The van der Waals surface area contributed by atoms with Gasteiger partial charge in [-0.05, 0) is 100 Å². The molecule has 0 heterocycles. The number of benzene rings is 2. The van der Waals surface area contributed by atoms with E-state index in [9.17, 15) is 10.2 Å². The lowest BCUT2D eigenvalue weighted by atomic mass is 9.55. The molecule has 0 aliphatic heterocycles. The Kier molecular flexibility index (Phi) is 6.92. The molecule has 0 spiro atoms. The lowest BCUT2D eigenvalue weighted by molar-refractivity contribution is -0.0281. The first-order valence-corrected chi connectivity index (χ1v) is 14.7. The van der Waals surface area contributed by atoms with Gasteiger partial charge < -0.3 is 20.3 Å². The summed E-state index contributed by atoms with van der Waals surface area (Å²) in [7, 11) is 1.75. The van der Waals surface area contributed by atoms with E-state index in [1.54, 1.807) is 7.11 Å². The summed E-state index contributed by atoms with van der Waals surface area (Å²) in [6, 6.07) is 11.0. The van der Waals surface area contributed by atoms with Crippen molar-refractivity contribution in [3.8, 4) is 11.5 Å². The van der Waals surface area contributed by atoms with Gasteiger partial charge in [0.1, 0.15) is 11.5 Å². The normalized spacial score (nSPS) is 30.9. The zero-order chi connectivity index (χ0) is 27.6. The second-order valence-corrected chi connectivity index (χ2v) is 14.7. The minimum atomic E-state index is -0.374. The molecule has 2 aromatic rings. The second-order valence-electron chi connectivity index (χ2n) is 14.7. The molecule has 3 aliphatic carbocycles. The molecule has 208 valence electrons. The van der Waals surface area contributed by atoms with Gasteiger partial charge in [0, 0.05) is 18.2 Å². The smallest absolute Gasteiger partial charge is 0.123 e. The molecule has 38 heavy (non-hydrogen) atoms. The van der Waals surface area contributed by atoms with Gasteiger partial charge >= 0.3 is 0 Å². The van der Waals surface area contributed by atoms with Crippen LogP contribution >= 0.6 is 0 Å². The fraction of sp³-hybridized carbons (Fsp3) is 0.647. The van der Waals surface area contributed by atoms with Crippen molar-refractivity contribution in [2.75, 3.05) is 7.11 Å². The van der Waals surface area contributed by atoms with E-state index < -0.39 is 0 Å². The highest BCUT2D eigenvalue weighted by molar-refractivity contribution is 5.49. The van der Waals surface area contributed by atoms with E-state index in [2.05, 4.69) is 84.1 Å². The van der Waals surface area contributed by atoms with Crippen molar-refractivity contribution in [2.45, 2.75) is 116 Å². The lowest BCUT2D eigenvalue weighted by Gasteiger charge is -2.50. The molecular weight excluding hydrogens is 470 g/mol. The molecule has 6 atom stereocenters. The van der Waals surface area contributed by atoms with Crippen LogP contribution in [0, 0.1) is 17.3 Å². The SMILES string of the molecule is COc1ccc2c(c1)CC[C@@H]1[C@@H]2CC[C@]2(C)[C@@H](O)[C@H](NCc3cc(C(C)(C)C)cc(C(C)(C)C)c3O)C[C@@H]12. The summed E-state index contributed by atoms with van der Waals surface area (Å²) < 4.78 is 5.49. The number of aromatic hydroxyl groups is 1. The van der Waals surface area contributed by atoms with Crippen molar-refractivity contribution in [3.05, 3.63) is 58.1 Å². The summed E-state index contributed by atoms with van der Waals surface area (Å²) in [4.78, 5) is 0. The monoisotopic (exact) mass is 519 g/mol. The summed E-state index contributed by atoms with van der Waals surface area (Å²) in [6.07, 6.45) is 5.11. The Bertz CT molecular complexity index is 1190. The van der Waals surface area contributed by atoms with Gasteiger partial charge in [-0.1, -0.05) is 66.7 Å². The first-order chi connectivity index (χ1) is 17.7. The van der Waals surface area contributed by atoms with Crippen molar-refractivity contribution >= 4 is 0 Å². The summed E-state index contributed by atoms with van der Waals surface area (Å²) in [5.41, 5.74) is 5.92. The zero-order valence-electron chi connectivity index (χ0n) is 24.8. The highest BCUT2D eigenvalue weighted by atomic mass is 16.5. The van der Waals surface area contributed by atoms with E-state index in [4.69, 9.17) is 4.74 Å². The van der Waals surface area contributed by atoms with Crippen LogP contribution in [0.25, 0.3) is 0 Å². The number of fused-ring (bicyclic) bond motifs is 5. The molecule has 0 amide bonds. The van der Waals surface area contributed by atoms with Crippen LogP contribution in [0.5, 0.6) is 11.5 Å². The van der Waals surface area contributed by atoms with E-state index in [1.165, 1.54) is 23.1 Å². The Morgan fingerprint density at radius 1 is 1.03 bits per heavy atom.